The van der Waals surface area contributed by atoms with Crippen molar-refractivity contribution in [1.29, 1.82) is 0 Å². The van der Waals surface area contributed by atoms with Crippen molar-refractivity contribution < 1.29 is 0 Å². The zero-order valence-corrected chi connectivity index (χ0v) is 16.0. The van der Waals surface area contributed by atoms with Gasteiger partial charge in [0.15, 0.2) is 0 Å². The van der Waals surface area contributed by atoms with Gasteiger partial charge < -0.3 is 20.0 Å². The summed E-state index contributed by atoms with van der Waals surface area (Å²) in [5.74, 6) is 2.13. The number of hydrogen-bond donors (Lipinski definition) is 1. The molecule has 0 aliphatic carbocycles. The summed E-state index contributed by atoms with van der Waals surface area (Å²) < 4.78 is 0. The SMILES string of the molecule is C=CNC(C)CN(C)/C(=C\C)C1C=CC=C(N2CC[C@H](C)C2)N1C. The van der Waals surface area contributed by atoms with Crippen molar-refractivity contribution in [1.82, 2.24) is 20.0 Å². The Hall–Kier alpha value is -1.84. The van der Waals surface area contributed by atoms with Gasteiger partial charge in [0.1, 0.15) is 5.82 Å². The Labute approximate surface area is 148 Å². The van der Waals surface area contributed by atoms with E-state index < -0.39 is 0 Å². The topological polar surface area (TPSA) is 21.8 Å². The molecule has 2 aliphatic rings. The second kappa shape index (κ2) is 8.32. The Morgan fingerprint density at radius 3 is 2.88 bits per heavy atom. The second-order valence-corrected chi connectivity index (χ2v) is 7.17. The fourth-order valence-electron chi connectivity index (χ4n) is 3.79. The normalized spacial score (nSPS) is 25.5. The van der Waals surface area contributed by atoms with Gasteiger partial charge in [-0.3, -0.25) is 0 Å². The zero-order valence-electron chi connectivity index (χ0n) is 16.0. The molecule has 0 aromatic rings. The van der Waals surface area contributed by atoms with Crippen LogP contribution in [0.15, 0.2) is 48.6 Å². The fourth-order valence-corrected chi connectivity index (χ4v) is 3.79. The number of allylic oxidation sites excluding steroid dienone is 3. The summed E-state index contributed by atoms with van der Waals surface area (Å²) in [7, 11) is 4.39. The highest BCUT2D eigenvalue weighted by Gasteiger charge is 2.29. The highest BCUT2D eigenvalue weighted by Crippen LogP contribution is 2.28. The Kier molecular flexibility index (Phi) is 6.41. The van der Waals surface area contributed by atoms with Gasteiger partial charge in [0.05, 0.1) is 6.04 Å². The summed E-state index contributed by atoms with van der Waals surface area (Å²) in [5, 5.41) is 3.27. The third-order valence-electron chi connectivity index (χ3n) is 5.05. The third kappa shape index (κ3) is 4.16. The van der Waals surface area contributed by atoms with Gasteiger partial charge in [-0.05, 0) is 38.5 Å². The summed E-state index contributed by atoms with van der Waals surface area (Å²) in [6.45, 7) is 13.7. The van der Waals surface area contributed by atoms with Gasteiger partial charge in [-0.15, -0.1) is 0 Å². The highest BCUT2D eigenvalue weighted by molar-refractivity contribution is 5.28. The summed E-state index contributed by atoms with van der Waals surface area (Å²) >= 11 is 0. The molecule has 24 heavy (non-hydrogen) atoms. The number of likely N-dealkylation sites (N-methyl/N-ethyl adjacent to an activating group) is 2. The van der Waals surface area contributed by atoms with E-state index in [1.807, 2.05) is 0 Å². The van der Waals surface area contributed by atoms with E-state index in [0.29, 0.717) is 6.04 Å². The molecule has 0 radical (unpaired) electrons. The molecule has 0 spiro atoms. The molecule has 2 unspecified atom stereocenters. The number of nitrogens with zero attached hydrogens (tertiary/aromatic N) is 3. The van der Waals surface area contributed by atoms with Crippen LogP contribution in [0.25, 0.3) is 0 Å². The maximum absolute atomic E-state index is 3.76. The Bertz CT molecular complexity index is 520. The van der Waals surface area contributed by atoms with Crippen LogP contribution in [-0.4, -0.2) is 60.5 Å². The molecule has 1 saturated heterocycles. The summed E-state index contributed by atoms with van der Waals surface area (Å²) in [6.07, 6.45) is 12.1. The van der Waals surface area contributed by atoms with Crippen molar-refractivity contribution in [2.24, 2.45) is 5.92 Å². The molecule has 2 rings (SSSR count). The van der Waals surface area contributed by atoms with Gasteiger partial charge in [0.2, 0.25) is 0 Å². The van der Waals surface area contributed by atoms with Gasteiger partial charge >= 0.3 is 0 Å². The molecule has 2 aliphatic heterocycles. The van der Waals surface area contributed by atoms with Crippen LogP contribution in [0.4, 0.5) is 0 Å². The summed E-state index contributed by atoms with van der Waals surface area (Å²) in [5.41, 5.74) is 1.34. The maximum Gasteiger partial charge on any atom is 0.104 e. The van der Waals surface area contributed by atoms with Crippen LogP contribution >= 0.6 is 0 Å². The number of likely N-dealkylation sites (tertiary alicyclic amines) is 1. The number of rotatable bonds is 7. The fraction of sp³-hybridized carbons (Fsp3) is 0.600. The lowest BCUT2D eigenvalue weighted by molar-refractivity contribution is 0.220. The molecule has 0 saturated carbocycles. The average Bonchev–Trinajstić information content (AvgIpc) is 2.96. The third-order valence-corrected chi connectivity index (χ3v) is 5.05. The number of hydrogen-bond acceptors (Lipinski definition) is 4. The van der Waals surface area contributed by atoms with Crippen molar-refractivity contribution in [3.8, 4) is 0 Å². The molecule has 4 heteroatoms. The first-order valence-corrected chi connectivity index (χ1v) is 9.08. The Morgan fingerprint density at radius 1 is 1.54 bits per heavy atom. The van der Waals surface area contributed by atoms with Gasteiger partial charge in [0, 0.05) is 45.5 Å². The van der Waals surface area contributed by atoms with Crippen molar-refractivity contribution in [3.63, 3.8) is 0 Å². The highest BCUT2D eigenvalue weighted by atomic mass is 15.4. The monoisotopic (exact) mass is 330 g/mol. The molecule has 0 bridgehead atoms. The molecule has 1 fully saturated rings. The van der Waals surface area contributed by atoms with Crippen LogP contribution in [0.5, 0.6) is 0 Å². The van der Waals surface area contributed by atoms with Crippen LogP contribution < -0.4 is 5.32 Å². The largest absolute Gasteiger partial charge is 0.387 e. The van der Waals surface area contributed by atoms with E-state index >= 15 is 0 Å². The van der Waals surface area contributed by atoms with E-state index in [-0.39, 0.29) is 6.04 Å². The van der Waals surface area contributed by atoms with E-state index in [4.69, 9.17) is 0 Å². The van der Waals surface area contributed by atoms with Gasteiger partial charge in [-0.1, -0.05) is 31.7 Å². The molecule has 0 aromatic heterocycles. The van der Waals surface area contributed by atoms with Crippen molar-refractivity contribution in [3.05, 3.63) is 48.6 Å². The van der Waals surface area contributed by atoms with Crippen LogP contribution in [0.1, 0.15) is 27.2 Å². The van der Waals surface area contributed by atoms with Crippen LogP contribution in [0, 0.1) is 5.92 Å². The first-order chi connectivity index (χ1) is 11.5. The molecular formula is C20H34N4. The van der Waals surface area contributed by atoms with Crippen molar-refractivity contribution in [2.45, 2.75) is 39.3 Å². The molecule has 134 valence electrons. The van der Waals surface area contributed by atoms with Gasteiger partial charge in [-0.2, -0.15) is 0 Å². The van der Waals surface area contributed by atoms with Gasteiger partial charge in [0.25, 0.3) is 0 Å². The summed E-state index contributed by atoms with van der Waals surface area (Å²) in [4.78, 5) is 7.29. The van der Waals surface area contributed by atoms with Crippen LogP contribution in [-0.2, 0) is 0 Å². The lowest BCUT2D eigenvalue weighted by Crippen LogP contribution is -2.45. The molecule has 2 heterocycles. The maximum atomic E-state index is 3.76. The minimum absolute atomic E-state index is 0.284. The standard InChI is InChI=1S/C20H34N4/c1-7-18(22(5)15-17(4)21-8-2)19-10-9-11-20(23(19)6)24-13-12-16(3)14-24/h7-11,16-17,19,21H,2,12-15H2,1,3-6H3/b18-7-/t16-,17?,19?/m0/s1. The molecular weight excluding hydrogens is 296 g/mol. The first-order valence-electron chi connectivity index (χ1n) is 9.08. The molecule has 0 aromatic carbocycles. The minimum atomic E-state index is 0.284. The first kappa shape index (κ1) is 18.5. The van der Waals surface area contributed by atoms with Crippen LogP contribution in [0.2, 0.25) is 0 Å². The molecule has 3 atom stereocenters. The average molecular weight is 331 g/mol. The minimum Gasteiger partial charge on any atom is -0.387 e. The van der Waals surface area contributed by atoms with E-state index in [9.17, 15) is 0 Å². The molecule has 4 nitrogen and oxygen atoms in total. The van der Waals surface area contributed by atoms with Crippen molar-refractivity contribution >= 4 is 0 Å². The molecule has 0 amide bonds. The second-order valence-electron chi connectivity index (χ2n) is 7.17. The quantitative estimate of drug-likeness (QED) is 0.774. The zero-order chi connectivity index (χ0) is 17.7. The van der Waals surface area contributed by atoms with E-state index in [2.05, 4.69) is 85.8 Å². The Morgan fingerprint density at radius 2 is 2.29 bits per heavy atom. The van der Waals surface area contributed by atoms with Crippen molar-refractivity contribution in [2.75, 3.05) is 33.7 Å². The van der Waals surface area contributed by atoms with E-state index in [0.717, 1.165) is 19.0 Å². The lowest BCUT2D eigenvalue weighted by Gasteiger charge is -2.41. The van der Waals surface area contributed by atoms with Gasteiger partial charge in [-0.25, -0.2) is 0 Å². The predicted octanol–water partition coefficient (Wildman–Crippen LogP) is 3.00. The van der Waals surface area contributed by atoms with Crippen LogP contribution in [0.3, 0.4) is 0 Å². The number of nitrogens with one attached hydrogen (secondary N) is 1. The van der Waals surface area contributed by atoms with E-state index in [1.165, 1.54) is 24.5 Å². The Balaban J connectivity index is 2.08. The summed E-state index contributed by atoms with van der Waals surface area (Å²) in [6, 6.07) is 0.654. The molecule has 1 N–H and O–H groups in total. The predicted molar refractivity (Wildman–Crippen MR) is 103 cm³/mol. The smallest absolute Gasteiger partial charge is 0.104 e. The lowest BCUT2D eigenvalue weighted by atomic mass is 10.1. The van der Waals surface area contributed by atoms with E-state index in [1.54, 1.807) is 6.20 Å².